The van der Waals surface area contributed by atoms with E-state index in [2.05, 4.69) is 49.5 Å². The summed E-state index contributed by atoms with van der Waals surface area (Å²) in [5, 5.41) is 0. The van der Waals surface area contributed by atoms with E-state index in [0.29, 0.717) is 3.93 Å². The fraction of sp³-hybridized carbons (Fsp3) is 0.467. The fourth-order valence-electron chi connectivity index (χ4n) is 1.99. The monoisotopic (exact) mass is 393 g/mol. The zero-order chi connectivity index (χ0) is 11.3. The normalized spacial score (nSPS) is 23.2. The Hall–Kier alpha value is -0.391. The summed E-state index contributed by atoms with van der Waals surface area (Å²) in [5.41, 5.74) is 0. The zero-order valence-electron chi connectivity index (χ0n) is 9.91. The van der Waals surface area contributed by atoms with Gasteiger partial charge >= 0.3 is 107 Å². The predicted molar refractivity (Wildman–Crippen MR) is 67.0 cm³/mol. The summed E-state index contributed by atoms with van der Waals surface area (Å²) in [6, 6.07) is 0. The maximum absolute atomic E-state index is 2.43. The van der Waals surface area contributed by atoms with Crippen LogP contribution in [0.25, 0.3) is 0 Å². The first-order valence-electron chi connectivity index (χ1n) is 6.19. The van der Waals surface area contributed by atoms with Gasteiger partial charge in [-0.05, 0) is 0 Å². The quantitative estimate of drug-likeness (QED) is 0.649. The summed E-state index contributed by atoms with van der Waals surface area (Å²) in [6.45, 7) is 2.32. The Balaban J connectivity index is 2.07. The van der Waals surface area contributed by atoms with Crippen LogP contribution in [-0.2, 0) is 17.7 Å². The van der Waals surface area contributed by atoms with E-state index in [1.54, 1.807) is 4.09 Å². The summed E-state index contributed by atoms with van der Waals surface area (Å²) in [4.78, 5) is 0. The number of hydrogen-bond donors (Lipinski definition) is 0. The molecule has 2 aliphatic carbocycles. The zero-order valence-corrected chi connectivity index (χ0v) is 12.3. The van der Waals surface area contributed by atoms with Crippen molar-refractivity contribution in [2.24, 2.45) is 0 Å². The van der Waals surface area contributed by atoms with Gasteiger partial charge in [-0.3, -0.25) is 0 Å². The molecule has 0 fully saturated rings. The van der Waals surface area contributed by atoms with Crippen molar-refractivity contribution in [3.05, 3.63) is 46.6 Å². The van der Waals surface area contributed by atoms with E-state index >= 15 is 0 Å². The Bertz CT molecular complexity index is 332. The van der Waals surface area contributed by atoms with E-state index in [0.717, 1.165) is 0 Å². The van der Waals surface area contributed by atoms with Crippen molar-refractivity contribution in [2.45, 2.75) is 43.0 Å². The van der Waals surface area contributed by atoms with Crippen molar-refractivity contribution < 1.29 is 17.7 Å². The van der Waals surface area contributed by atoms with Crippen LogP contribution in [0.1, 0.15) is 39.0 Å². The van der Waals surface area contributed by atoms with Crippen molar-refractivity contribution in [3.8, 4) is 0 Å². The molecule has 0 spiro atoms. The van der Waals surface area contributed by atoms with Crippen LogP contribution in [0.3, 0.4) is 0 Å². The van der Waals surface area contributed by atoms with E-state index in [-0.39, 0.29) is 17.7 Å². The second-order valence-corrected chi connectivity index (χ2v) is 8.67. The van der Waals surface area contributed by atoms with Crippen LogP contribution < -0.4 is 0 Å². The molecular weight excluding hydrogens is 372 g/mol. The average molecular weight is 393 g/mol. The molecule has 0 atom stereocenters. The van der Waals surface area contributed by atoms with Gasteiger partial charge in [0.2, 0.25) is 0 Å². The van der Waals surface area contributed by atoms with Crippen molar-refractivity contribution in [3.63, 3.8) is 0 Å². The Kier molecular flexibility index (Phi) is 4.37. The van der Waals surface area contributed by atoms with E-state index in [1.807, 2.05) is 0 Å². The molecule has 0 unspecified atom stereocenters. The van der Waals surface area contributed by atoms with Crippen LogP contribution in [-0.4, -0.2) is 0 Å². The van der Waals surface area contributed by atoms with Crippen LogP contribution in [0, 0.1) is 0 Å². The molecule has 2 rings (SSSR count). The van der Waals surface area contributed by atoms with Gasteiger partial charge in [-0.1, -0.05) is 0 Å². The molecule has 89 valence electrons. The van der Waals surface area contributed by atoms with Crippen LogP contribution >= 0.6 is 0 Å². The first-order valence-corrected chi connectivity index (χ1v) is 8.58. The molecule has 0 radical (unpaired) electrons. The van der Waals surface area contributed by atoms with Crippen LogP contribution in [0.15, 0.2) is 46.6 Å². The van der Waals surface area contributed by atoms with E-state index in [9.17, 15) is 0 Å². The third-order valence-electron chi connectivity index (χ3n) is 3.06. The van der Waals surface area contributed by atoms with Crippen LogP contribution in [0.2, 0.25) is 3.93 Å². The first-order chi connectivity index (χ1) is 7.85. The van der Waals surface area contributed by atoms with Gasteiger partial charge in [0.05, 0.1) is 0 Å². The van der Waals surface area contributed by atoms with Crippen molar-refractivity contribution in [2.75, 3.05) is 0 Å². The summed E-state index contributed by atoms with van der Waals surface area (Å²) in [5.74, 6) is 0. The molecule has 0 aromatic carbocycles. The van der Waals surface area contributed by atoms with Crippen molar-refractivity contribution in [1.82, 2.24) is 0 Å². The molecule has 16 heavy (non-hydrogen) atoms. The second kappa shape index (κ2) is 5.79. The summed E-state index contributed by atoms with van der Waals surface area (Å²) in [7, 11) is 0. The minimum absolute atomic E-state index is 0.0288. The number of allylic oxidation sites excluding steroid dienone is 8. The average Bonchev–Trinajstić information content (AvgIpc) is 2.71. The van der Waals surface area contributed by atoms with Gasteiger partial charge in [0.15, 0.2) is 0 Å². The molecular formula is C15H20Ir. The first kappa shape index (κ1) is 12.1. The van der Waals surface area contributed by atoms with Gasteiger partial charge in [-0.15, -0.1) is 0 Å². The molecule has 0 heterocycles. The Morgan fingerprint density at radius 2 is 2.00 bits per heavy atom. The van der Waals surface area contributed by atoms with Crippen LogP contribution in [0.5, 0.6) is 0 Å². The molecule has 0 saturated heterocycles. The van der Waals surface area contributed by atoms with Crippen LogP contribution in [0.4, 0.5) is 0 Å². The van der Waals surface area contributed by atoms with Crippen molar-refractivity contribution >= 4 is 0 Å². The SMILES string of the molecule is CC[C]1([Ir][C]2=CC=CCCCC2)C=CC=C1. The molecule has 0 amide bonds. The molecule has 0 aromatic rings. The van der Waals surface area contributed by atoms with Gasteiger partial charge in [0.1, 0.15) is 0 Å². The minimum atomic E-state index is -0.0288. The summed E-state index contributed by atoms with van der Waals surface area (Å²) in [6.07, 6.45) is 22.9. The van der Waals surface area contributed by atoms with E-state index in [4.69, 9.17) is 0 Å². The molecule has 2 aliphatic rings. The van der Waals surface area contributed by atoms with Gasteiger partial charge in [0.25, 0.3) is 0 Å². The predicted octanol–water partition coefficient (Wildman–Crippen LogP) is 4.78. The Labute approximate surface area is 107 Å². The van der Waals surface area contributed by atoms with Gasteiger partial charge in [-0.25, -0.2) is 0 Å². The third kappa shape index (κ3) is 3.06. The Morgan fingerprint density at radius 3 is 2.75 bits per heavy atom. The molecule has 1 heteroatoms. The third-order valence-corrected chi connectivity index (χ3v) is 7.59. The van der Waals surface area contributed by atoms with Gasteiger partial charge < -0.3 is 0 Å². The molecule has 0 bridgehead atoms. The number of hydrogen-bond acceptors (Lipinski definition) is 0. The molecule has 0 N–H and O–H groups in total. The summed E-state index contributed by atoms with van der Waals surface area (Å²) < 4.78 is 2.19. The van der Waals surface area contributed by atoms with Gasteiger partial charge in [0, 0.05) is 0 Å². The Morgan fingerprint density at radius 1 is 1.19 bits per heavy atom. The molecule has 0 aromatic heterocycles. The molecule has 0 aliphatic heterocycles. The van der Waals surface area contributed by atoms with E-state index in [1.165, 1.54) is 32.1 Å². The second-order valence-electron chi connectivity index (χ2n) is 4.30. The molecule has 0 nitrogen and oxygen atoms in total. The fourth-order valence-corrected chi connectivity index (χ4v) is 5.86. The summed E-state index contributed by atoms with van der Waals surface area (Å²) >= 11 is -0.0288. The standard InChI is InChI=1S/C8H11.C7H9.Ir/c1-2-4-6-8-7-5-3-1;1-2-7-5-3-4-6-7;/h1-3H,4,6-8H2;3-6H,2H2,1H3;. The van der Waals surface area contributed by atoms with E-state index < -0.39 is 0 Å². The van der Waals surface area contributed by atoms with Crippen molar-refractivity contribution in [1.29, 1.82) is 0 Å². The molecule has 0 saturated carbocycles. The maximum atomic E-state index is 2.43. The topological polar surface area (TPSA) is 0 Å². The number of rotatable bonds is 3. The van der Waals surface area contributed by atoms with Gasteiger partial charge in [-0.2, -0.15) is 0 Å².